The normalized spacial score (nSPS) is 10.3. The number of thiazole rings is 1. The largest absolute Gasteiger partial charge is 0.495 e. The highest BCUT2D eigenvalue weighted by atomic mass is 32.1. The third-order valence-electron chi connectivity index (χ3n) is 3.85. The lowest BCUT2D eigenvalue weighted by molar-refractivity contribution is -0.125. The summed E-state index contributed by atoms with van der Waals surface area (Å²) >= 11 is 1.29. The van der Waals surface area contributed by atoms with Crippen molar-refractivity contribution in [1.82, 2.24) is 10.3 Å². The molecule has 2 aromatic rings. The van der Waals surface area contributed by atoms with Crippen molar-refractivity contribution in [2.24, 2.45) is 0 Å². The van der Waals surface area contributed by atoms with E-state index >= 15 is 0 Å². The van der Waals surface area contributed by atoms with Gasteiger partial charge in [-0.15, -0.1) is 11.3 Å². The molecule has 29 heavy (non-hydrogen) atoms. The summed E-state index contributed by atoms with van der Waals surface area (Å²) < 4.78 is 10.2. The average molecular weight is 420 g/mol. The Bertz CT molecular complexity index is 813. The molecule has 156 valence electrons. The highest BCUT2D eigenvalue weighted by Gasteiger charge is 2.22. The zero-order chi connectivity index (χ0) is 21.1. The number of amides is 3. The highest BCUT2D eigenvalue weighted by molar-refractivity contribution is 7.13. The summed E-state index contributed by atoms with van der Waals surface area (Å²) in [6.45, 7) is 0.502. The van der Waals surface area contributed by atoms with Gasteiger partial charge in [0.2, 0.25) is 17.7 Å². The van der Waals surface area contributed by atoms with Crippen molar-refractivity contribution in [3.63, 3.8) is 0 Å². The number of methoxy groups -OCH3 is 2. The van der Waals surface area contributed by atoms with E-state index in [2.05, 4.69) is 15.6 Å². The molecule has 2 rings (SSSR count). The SMILES string of the molecule is COCCNC(=O)CN(C(=O)CCC(=O)Nc1nccs1)c1ccccc1OC. The molecule has 1 aromatic carbocycles. The van der Waals surface area contributed by atoms with Gasteiger partial charge in [-0.05, 0) is 12.1 Å². The number of para-hydroxylation sites is 2. The van der Waals surface area contributed by atoms with E-state index in [-0.39, 0.29) is 37.1 Å². The summed E-state index contributed by atoms with van der Waals surface area (Å²) in [5.41, 5.74) is 0.460. The van der Waals surface area contributed by atoms with Gasteiger partial charge in [-0.25, -0.2) is 4.98 Å². The van der Waals surface area contributed by atoms with Crippen LogP contribution in [0.3, 0.4) is 0 Å². The Labute approximate surface area is 173 Å². The number of carbonyl (C=O) groups excluding carboxylic acids is 3. The van der Waals surface area contributed by atoms with Crippen molar-refractivity contribution in [1.29, 1.82) is 0 Å². The first-order chi connectivity index (χ1) is 14.0. The Morgan fingerprint density at radius 3 is 2.62 bits per heavy atom. The molecular formula is C19H24N4O5S. The molecule has 1 heterocycles. The Kier molecular flexibility index (Phi) is 9.06. The summed E-state index contributed by atoms with van der Waals surface area (Å²) in [7, 11) is 3.02. The van der Waals surface area contributed by atoms with E-state index < -0.39 is 0 Å². The third kappa shape index (κ3) is 7.16. The monoisotopic (exact) mass is 420 g/mol. The number of nitrogens with one attached hydrogen (secondary N) is 2. The van der Waals surface area contributed by atoms with E-state index in [0.29, 0.717) is 29.7 Å². The standard InChI is InChI=1S/C19H24N4O5S/c1-27-11-9-20-17(25)13-23(14-5-3-4-6-15(14)28-2)18(26)8-7-16(24)22-19-21-10-12-29-19/h3-6,10,12H,7-9,11,13H2,1-2H3,(H,20,25)(H,21,22,24). The van der Waals surface area contributed by atoms with Crippen LogP contribution in [0.2, 0.25) is 0 Å². The molecule has 0 saturated heterocycles. The second-order valence-corrected chi connectivity index (χ2v) is 6.77. The van der Waals surface area contributed by atoms with Gasteiger partial charge in [0.1, 0.15) is 12.3 Å². The number of hydrogen-bond donors (Lipinski definition) is 2. The van der Waals surface area contributed by atoms with E-state index in [1.54, 1.807) is 35.8 Å². The van der Waals surface area contributed by atoms with E-state index in [1.807, 2.05) is 0 Å². The molecule has 0 radical (unpaired) electrons. The van der Waals surface area contributed by atoms with E-state index in [4.69, 9.17) is 9.47 Å². The van der Waals surface area contributed by atoms with Gasteiger partial charge < -0.3 is 20.1 Å². The lowest BCUT2D eigenvalue weighted by Gasteiger charge is -2.24. The first-order valence-electron chi connectivity index (χ1n) is 8.93. The Morgan fingerprint density at radius 1 is 1.14 bits per heavy atom. The van der Waals surface area contributed by atoms with Crippen LogP contribution in [0.4, 0.5) is 10.8 Å². The molecule has 0 saturated carbocycles. The summed E-state index contributed by atoms with van der Waals surface area (Å²) in [6.07, 6.45) is 1.48. The van der Waals surface area contributed by atoms with Crippen molar-refractivity contribution in [3.8, 4) is 5.75 Å². The van der Waals surface area contributed by atoms with Crippen molar-refractivity contribution in [2.75, 3.05) is 44.1 Å². The van der Waals surface area contributed by atoms with Gasteiger partial charge in [-0.2, -0.15) is 0 Å². The molecular weight excluding hydrogens is 396 g/mol. The van der Waals surface area contributed by atoms with Gasteiger partial charge in [0.05, 0.1) is 19.4 Å². The molecule has 0 fully saturated rings. The second kappa shape index (κ2) is 11.8. The Hall–Kier alpha value is -2.98. The number of hydrogen-bond acceptors (Lipinski definition) is 7. The van der Waals surface area contributed by atoms with E-state index in [0.717, 1.165) is 0 Å². The third-order valence-corrected chi connectivity index (χ3v) is 4.54. The van der Waals surface area contributed by atoms with Crippen LogP contribution in [0, 0.1) is 0 Å². The minimum Gasteiger partial charge on any atom is -0.495 e. The lowest BCUT2D eigenvalue weighted by atomic mass is 10.2. The van der Waals surface area contributed by atoms with Gasteiger partial charge >= 0.3 is 0 Å². The molecule has 0 aliphatic heterocycles. The van der Waals surface area contributed by atoms with Crippen LogP contribution < -0.4 is 20.3 Å². The van der Waals surface area contributed by atoms with Crippen LogP contribution in [0.15, 0.2) is 35.8 Å². The quantitative estimate of drug-likeness (QED) is 0.535. The fourth-order valence-electron chi connectivity index (χ4n) is 2.47. The molecule has 9 nitrogen and oxygen atoms in total. The summed E-state index contributed by atoms with van der Waals surface area (Å²) in [4.78, 5) is 42.5. The predicted molar refractivity (Wildman–Crippen MR) is 110 cm³/mol. The first-order valence-corrected chi connectivity index (χ1v) is 9.81. The van der Waals surface area contributed by atoms with Gasteiger partial charge in [0.15, 0.2) is 5.13 Å². The molecule has 0 unspecified atom stereocenters. The maximum absolute atomic E-state index is 12.9. The van der Waals surface area contributed by atoms with Gasteiger partial charge in [-0.1, -0.05) is 12.1 Å². The maximum atomic E-state index is 12.9. The summed E-state index contributed by atoms with van der Waals surface area (Å²) in [5, 5.41) is 7.54. The molecule has 0 bridgehead atoms. The maximum Gasteiger partial charge on any atom is 0.240 e. The lowest BCUT2D eigenvalue weighted by Crippen LogP contribution is -2.42. The Morgan fingerprint density at radius 2 is 1.93 bits per heavy atom. The first kappa shape index (κ1) is 22.3. The molecule has 3 amide bonds. The minimum atomic E-state index is -0.370. The number of rotatable bonds is 11. The van der Waals surface area contributed by atoms with Crippen LogP contribution >= 0.6 is 11.3 Å². The molecule has 0 spiro atoms. The highest BCUT2D eigenvalue weighted by Crippen LogP contribution is 2.28. The molecule has 0 aliphatic carbocycles. The molecule has 2 N–H and O–H groups in total. The molecule has 0 aliphatic rings. The molecule has 1 aromatic heterocycles. The fourth-order valence-corrected chi connectivity index (χ4v) is 3.02. The number of benzene rings is 1. The van der Waals surface area contributed by atoms with Crippen LogP contribution in [0.5, 0.6) is 5.75 Å². The van der Waals surface area contributed by atoms with Crippen LogP contribution in [0.25, 0.3) is 0 Å². The van der Waals surface area contributed by atoms with Crippen molar-refractivity contribution >= 4 is 39.9 Å². The zero-order valence-electron chi connectivity index (χ0n) is 16.3. The minimum absolute atomic E-state index is 0.0324. The van der Waals surface area contributed by atoms with Crippen molar-refractivity contribution in [3.05, 3.63) is 35.8 Å². The van der Waals surface area contributed by atoms with Crippen LogP contribution in [0.1, 0.15) is 12.8 Å². The fraction of sp³-hybridized carbons (Fsp3) is 0.368. The zero-order valence-corrected chi connectivity index (χ0v) is 17.2. The van der Waals surface area contributed by atoms with E-state index in [1.165, 1.54) is 30.5 Å². The average Bonchev–Trinajstić information content (AvgIpc) is 3.23. The number of aromatic nitrogens is 1. The van der Waals surface area contributed by atoms with Gasteiger partial charge in [0, 0.05) is 38.1 Å². The number of nitrogens with zero attached hydrogens (tertiary/aromatic N) is 2. The van der Waals surface area contributed by atoms with Crippen molar-refractivity contribution in [2.45, 2.75) is 12.8 Å². The molecule has 10 heteroatoms. The Balaban J connectivity index is 2.05. The second-order valence-electron chi connectivity index (χ2n) is 5.88. The number of anilines is 2. The smallest absolute Gasteiger partial charge is 0.240 e. The van der Waals surface area contributed by atoms with Gasteiger partial charge in [0.25, 0.3) is 0 Å². The topological polar surface area (TPSA) is 110 Å². The van der Waals surface area contributed by atoms with E-state index in [9.17, 15) is 14.4 Å². The summed E-state index contributed by atoms with van der Waals surface area (Å²) in [5.74, 6) is -0.574. The van der Waals surface area contributed by atoms with Crippen LogP contribution in [-0.2, 0) is 19.1 Å². The number of ether oxygens (including phenoxy) is 2. The number of carbonyl (C=O) groups is 3. The van der Waals surface area contributed by atoms with Gasteiger partial charge in [-0.3, -0.25) is 19.3 Å². The summed E-state index contributed by atoms with van der Waals surface area (Å²) in [6, 6.07) is 6.91. The van der Waals surface area contributed by atoms with Crippen LogP contribution in [-0.4, -0.2) is 56.6 Å². The predicted octanol–water partition coefficient (Wildman–Crippen LogP) is 1.67. The molecule has 0 atom stereocenters. The van der Waals surface area contributed by atoms with Crippen molar-refractivity contribution < 1.29 is 23.9 Å².